The molecule has 4 atom stereocenters. The van der Waals surface area contributed by atoms with E-state index in [0.717, 1.165) is 0 Å². The first-order valence-electron chi connectivity index (χ1n) is 9.24. The number of aliphatic hydroxyl groups is 1. The van der Waals surface area contributed by atoms with Crippen molar-refractivity contribution in [2.45, 2.75) is 62.8 Å². The first-order valence-corrected chi connectivity index (χ1v) is 10.9. The van der Waals surface area contributed by atoms with E-state index in [4.69, 9.17) is 15.2 Å². The highest BCUT2D eigenvalue weighted by Gasteiger charge is 2.55. The fourth-order valence-electron chi connectivity index (χ4n) is 4.03. The van der Waals surface area contributed by atoms with Crippen LogP contribution in [0.3, 0.4) is 0 Å². The van der Waals surface area contributed by atoms with Crippen molar-refractivity contribution in [2.75, 3.05) is 18.1 Å². The van der Waals surface area contributed by atoms with Crippen LogP contribution in [-0.4, -0.2) is 68.8 Å². The third kappa shape index (κ3) is 3.04. The smallest absolute Gasteiger partial charge is 0.251 e. The van der Waals surface area contributed by atoms with E-state index in [1.54, 1.807) is 6.92 Å². The number of nitrogens with zero attached hydrogens (tertiary/aromatic N) is 5. The minimum atomic E-state index is -3.66. The van der Waals surface area contributed by atoms with E-state index >= 15 is 0 Å². The van der Waals surface area contributed by atoms with Gasteiger partial charge in [-0.2, -0.15) is 9.97 Å². The zero-order chi connectivity index (χ0) is 20.3. The number of fused-ring (bicyclic) bond motifs is 2. The molecule has 0 aromatic carbocycles. The van der Waals surface area contributed by atoms with Crippen LogP contribution in [0.5, 0.6) is 0 Å². The normalized spacial score (nSPS) is 29.4. The van der Waals surface area contributed by atoms with Crippen LogP contribution in [-0.2, 0) is 19.3 Å². The minimum absolute atomic E-state index is 0.0388. The number of sulfone groups is 1. The molecule has 2 aliphatic rings. The third-order valence-corrected chi connectivity index (χ3v) is 6.87. The van der Waals surface area contributed by atoms with Gasteiger partial charge in [0.25, 0.3) is 5.16 Å². The topological polar surface area (TPSA) is 155 Å². The molecule has 0 amide bonds. The van der Waals surface area contributed by atoms with E-state index in [2.05, 4.69) is 20.3 Å². The summed E-state index contributed by atoms with van der Waals surface area (Å²) in [5, 5.41) is 17.6. The Morgan fingerprint density at radius 3 is 2.68 bits per heavy atom. The highest BCUT2D eigenvalue weighted by molar-refractivity contribution is 7.91. The van der Waals surface area contributed by atoms with Crippen LogP contribution in [0.25, 0.3) is 11.2 Å². The molecule has 1 aliphatic heterocycles. The molecular formula is C16H24N6O5S. The Hall–Kier alpha value is -1.89. The predicted octanol–water partition coefficient (Wildman–Crippen LogP) is 0.0606. The highest BCUT2D eigenvalue weighted by Crippen LogP contribution is 2.47. The van der Waals surface area contributed by atoms with Crippen molar-refractivity contribution in [1.82, 2.24) is 25.0 Å². The third-order valence-electron chi connectivity index (χ3n) is 5.18. The van der Waals surface area contributed by atoms with Crippen molar-refractivity contribution in [1.29, 1.82) is 0 Å². The number of hydrogen-bond donors (Lipinski definition) is 2. The number of aromatic nitrogens is 5. The molecule has 0 unspecified atom stereocenters. The molecule has 1 aliphatic carbocycles. The van der Waals surface area contributed by atoms with Crippen LogP contribution >= 0.6 is 0 Å². The summed E-state index contributed by atoms with van der Waals surface area (Å²) in [6.07, 6.45) is 0.295. The van der Waals surface area contributed by atoms with Crippen molar-refractivity contribution in [3.8, 4) is 0 Å². The monoisotopic (exact) mass is 412 g/mol. The van der Waals surface area contributed by atoms with Gasteiger partial charge in [-0.15, -0.1) is 5.10 Å². The first kappa shape index (κ1) is 19.4. The Bertz CT molecular complexity index is 1010. The molecule has 2 aromatic rings. The predicted molar refractivity (Wildman–Crippen MR) is 97.9 cm³/mol. The molecule has 1 saturated carbocycles. The molecule has 0 radical (unpaired) electrons. The van der Waals surface area contributed by atoms with Gasteiger partial charge >= 0.3 is 0 Å². The summed E-state index contributed by atoms with van der Waals surface area (Å²) in [5.74, 6) is -1.05. The molecule has 28 heavy (non-hydrogen) atoms. The van der Waals surface area contributed by atoms with Crippen LogP contribution in [0.2, 0.25) is 0 Å². The molecule has 154 valence electrons. The second kappa shape index (κ2) is 6.58. The maximum atomic E-state index is 12.4. The molecule has 3 heterocycles. The largest absolute Gasteiger partial charge is 0.396 e. The molecule has 2 fully saturated rings. The average Bonchev–Trinajstić information content (AvgIpc) is 3.25. The van der Waals surface area contributed by atoms with E-state index in [-0.39, 0.29) is 58.7 Å². The van der Waals surface area contributed by atoms with E-state index in [1.807, 2.05) is 13.8 Å². The first-order chi connectivity index (χ1) is 13.2. The Morgan fingerprint density at radius 1 is 1.29 bits per heavy atom. The summed E-state index contributed by atoms with van der Waals surface area (Å²) >= 11 is 0. The minimum Gasteiger partial charge on any atom is -0.396 e. The van der Waals surface area contributed by atoms with Gasteiger partial charge in [0.1, 0.15) is 6.10 Å². The van der Waals surface area contributed by atoms with Gasteiger partial charge in [0.05, 0.1) is 17.9 Å². The summed E-state index contributed by atoms with van der Waals surface area (Å²) in [6, 6.07) is -0.329. The van der Waals surface area contributed by atoms with Crippen molar-refractivity contribution in [3.63, 3.8) is 0 Å². The fraction of sp³-hybridized carbons (Fsp3) is 0.750. The van der Waals surface area contributed by atoms with Gasteiger partial charge in [-0.3, -0.25) is 0 Å². The SMILES string of the molecule is CCCS(=O)(=O)c1nc(N)c2nnn([C@@H]3C[C@H](CO)[C@H]4OC(C)(C)O[C@H]43)c2n1. The molecule has 11 nitrogen and oxygen atoms in total. The quantitative estimate of drug-likeness (QED) is 0.644. The van der Waals surface area contributed by atoms with Gasteiger partial charge in [-0.05, 0) is 26.7 Å². The standard InChI is InChI=1S/C16H24N6O5S/c1-4-5-28(24,25)15-18-13(17)10-14(19-15)22(21-20-10)9-6-8(7-23)11-12(9)27-16(2,3)26-11/h8-9,11-12,23H,4-7H2,1-3H3,(H2,17,18,19)/t8-,9-,11-,12+/m1/s1. The number of aliphatic hydroxyl groups excluding tert-OH is 1. The van der Waals surface area contributed by atoms with E-state index in [9.17, 15) is 13.5 Å². The zero-order valence-electron chi connectivity index (χ0n) is 15.9. The lowest BCUT2D eigenvalue weighted by molar-refractivity contribution is -0.162. The summed E-state index contributed by atoms with van der Waals surface area (Å²) < 4.78 is 38.4. The zero-order valence-corrected chi connectivity index (χ0v) is 16.8. The van der Waals surface area contributed by atoms with Crippen molar-refractivity contribution >= 4 is 26.8 Å². The van der Waals surface area contributed by atoms with Crippen LogP contribution in [0.1, 0.15) is 39.7 Å². The van der Waals surface area contributed by atoms with E-state index < -0.39 is 15.6 Å². The number of ether oxygens (including phenoxy) is 2. The lowest BCUT2D eigenvalue weighted by Gasteiger charge is -2.23. The molecule has 3 N–H and O–H groups in total. The summed E-state index contributed by atoms with van der Waals surface area (Å²) in [6.45, 7) is 5.33. The maximum absolute atomic E-state index is 12.4. The molecule has 0 spiro atoms. The van der Waals surface area contributed by atoms with Crippen LogP contribution in [0, 0.1) is 5.92 Å². The van der Waals surface area contributed by atoms with Crippen molar-refractivity contribution < 1.29 is 23.0 Å². The van der Waals surface area contributed by atoms with Crippen molar-refractivity contribution in [3.05, 3.63) is 0 Å². The molecule has 4 rings (SSSR count). The van der Waals surface area contributed by atoms with Crippen LogP contribution in [0.15, 0.2) is 5.16 Å². The fourth-order valence-corrected chi connectivity index (χ4v) is 5.21. The number of anilines is 1. The van der Waals surface area contributed by atoms with Gasteiger partial charge < -0.3 is 20.3 Å². The van der Waals surface area contributed by atoms with Gasteiger partial charge in [-0.1, -0.05) is 12.1 Å². The Labute approximate surface area is 162 Å². The Kier molecular flexibility index (Phi) is 4.56. The Morgan fingerprint density at radius 2 is 2.00 bits per heavy atom. The highest BCUT2D eigenvalue weighted by atomic mass is 32.2. The lowest BCUT2D eigenvalue weighted by atomic mass is 10.1. The number of nitrogens with two attached hydrogens (primary N) is 1. The van der Waals surface area contributed by atoms with Crippen LogP contribution < -0.4 is 5.73 Å². The summed E-state index contributed by atoms with van der Waals surface area (Å²) in [4.78, 5) is 8.15. The average molecular weight is 412 g/mol. The van der Waals surface area contributed by atoms with Gasteiger partial charge in [0.2, 0.25) is 9.84 Å². The van der Waals surface area contributed by atoms with Gasteiger partial charge in [0, 0.05) is 12.5 Å². The molecule has 0 bridgehead atoms. The number of rotatable bonds is 5. The second-order valence-electron chi connectivity index (χ2n) is 7.73. The van der Waals surface area contributed by atoms with E-state index in [1.165, 1.54) is 4.68 Å². The molecule has 1 saturated heterocycles. The number of hydrogen-bond acceptors (Lipinski definition) is 10. The Balaban J connectivity index is 1.80. The van der Waals surface area contributed by atoms with Crippen LogP contribution in [0.4, 0.5) is 5.82 Å². The molecule has 12 heteroatoms. The van der Waals surface area contributed by atoms with Gasteiger partial charge in [-0.25, -0.2) is 13.1 Å². The number of nitrogen functional groups attached to an aromatic ring is 1. The maximum Gasteiger partial charge on any atom is 0.251 e. The molecule has 2 aromatic heterocycles. The van der Waals surface area contributed by atoms with Crippen molar-refractivity contribution in [2.24, 2.45) is 5.92 Å². The lowest BCUT2D eigenvalue weighted by Crippen LogP contribution is -2.28. The van der Waals surface area contributed by atoms with Gasteiger partial charge in [0.15, 0.2) is 22.8 Å². The second-order valence-corrected chi connectivity index (χ2v) is 9.73. The summed E-state index contributed by atoms with van der Waals surface area (Å²) in [5.41, 5.74) is 6.41. The molecular weight excluding hydrogens is 388 g/mol. The summed E-state index contributed by atoms with van der Waals surface area (Å²) in [7, 11) is -3.66. The van der Waals surface area contributed by atoms with E-state index in [0.29, 0.717) is 12.8 Å².